The number of anilines is 2. The quantitative estimate of drug-likeness (QED) is 0.690. The lowest BCUT2D eigenvalue weighted by Gasteiger charge is -2.32. The predicted octanol–water partition coefficient (Wildman–Crippen LogP) is 1.84. The summed E-state index contributed by atoms with van der Waals surface area (Å²) in [6.07, 6.45) is 1.81. The second-order valence-electron chi connectivity index (χ2n) is 6.05. The Balaban J connectivity index is 1.63. The number of rotatable bonds is 7. The first kappa shape index (κ1) is 18.6. The Labute approximate surface area is 157 Å². The molecule has 3 rings (SSSR count). The van der Waals surface area contributed by atoms with Crippen molar-refractivity contribution in [1.29, 1.82) is 0 Å². The molecule has 0 unspecified atom stereocenters. The molecule has 1 N–H and O–H groups in total. The smallest absolute Gasteiger partial charge is 0.155 e. The van der Waals surface area contributed by atoms with E-state index in [2.05, 4.69) is 42.1 Å². The van der Waals surface area contributed by atoms with Crippen molar-refractivity contribution in [2.24, 2.45) is 4.99 Å². The van der Waals surface area contributed by atoms with Gasteiger partial charge in [0.25, 0.3) is 0 Å². The van der Waals surface area contributed by atoms with E-state index in [1.165, 1.54) is 0 Å². The number of morpholine rings is 1. The molecule has 8 heteroatoms. The van der Waals surface area contributed by atoms with Crippen LogP contribution in [-0.4, -0.2) is 81.4 Å². The van der Waals surface area contributed by atoms with Crippen LogP contribution in [0.4, 0.5) is 11.5 Å². The molecule has 2 aliphatic rings. The third-order valence-corrected chi connectivity index (χ3v) is 4.74. The summed E-state index contributed by atoms with van der Waals surface area (Å²) in [6.45, 7) is 10.4. The fraction of sp³-hybridized carbons (Fsp3) is 0.647. The molecule has 2 aliphatic heterocycles. The molecule has 0 atom stereocenters. The van der Waals surface area contributed by atoms with Gasteiger partial charge in [-0.25, -0.2) is 4.98 Å². The highest BCUT2D eigenvalue weighted by atomic mass is 79.9. The summed E-state index contributed by atoms with van der Waals surface area (Å²) in [5, 5.41) is 3.37. The van der Waals surface area contributed by atoms with Crippen molar-refractivity contribution >= 4 is 33.3 Å². The molecule has 1 fully saturated rings. The Hall–Kier alpha value is -1.22. The van der Waals surface area contributed by atoms with Crippen LogP contribution in [0.25, 0.3) is 0 Å². The molecular weight excluding hydrogens is 386 g/mol. The van der Waals surface area contributed by atoms with Gasteiger partial charge in [-0.05, 0) is 28.9 Å². The van der Waals surface area contributed by atoms with Gasteiger partial charge in [0, 0.05) is 43.5 Å². The van der Waals surface area contributed by atoms with Crippen LogP contribution in [0.3, 0.4) is 0 Å². The Morgan fingerprint density at radius 1 is 1.36 bits per heavy atom. The van der Waals surface area contributed by atoms with E-state index in [-0.39, 0.29) is 0 Å². The Morgan fingerprint density at radius 3 is 3.00 bits per heavy atom. The molecule has 0 aromatic carbocycles. The number of nitrogens with one attached hydrogen (secondary N) is 1. The highest BCUT2D eigenvalue weighted by Gasteiger charge is 2.22. The number of pyridine rings is 1. The summed E-state index contributed by atoms with van der Waals surface area (Å²) < 4.78 is 11.9. The van der Waals surface area contributed by atoms with Gasteiger partial charge in [0.2, 0.25) is 0 Å². The monoisotopic (exact) mass is 411 g/mol. The first-order valence-electron chi connectivity index (χ1n) is 8.85. The number of nitrogens with zero attached hydrogens (tertiary/aromatic N) is 4. The lowest BCUT2D eigenvalue weighted by molar-refractivity contribution is 0.0394. The molecule has 25 heavy (non-hydrogen) atoms. The molecule has 1 saturated heterocycles. The zero-order chi connectivity index (χ0) is 17.5. The van der Waals surface area contributed by atoms with Crippen molar-refractivity contribution in [2.45, 2.75) is 6.92 Å². The van der Waals surface area contributed by atoms with E-state index < -0.39 is 0 Å². The summed E-state index contributed by atoms with van der Waals surface area (Å²) in [5.74, 6) is 1.82. The molecule has 1 aromatic heterocycles. The van der Waals surface area contributed by atoms with Crippen LogP contribution in [0, 0.1) is 0 Å². The minimum Gasteiger partial charge on any atom is -0.380 e. The molecule has 0 aliphatic carbocycles. The van der Waals surface area contributed by atoms with Crippen LogP contribution < -0.4 is 10.2 Å². The second-order valence-corrected chi connectivity index (χ2v) is 6.96. The van der Waals surface area contributed by atoms with Crippen LogP contribution in [0.2, 0.25) is 0 Å². The topological polar surface area (TPSA) is 62.2 Å². The molecule has 1 aromatic rings. The van der Waals surface area contributed by atoms with Crippen molar-refractivity contribution in [3.63, 3.8) is 0 Å². The molecule has 3 heterocycles. The Bertz CT molecular complexity index is 592. The van der Waals surface area contributed by atoms with Crippen LogP contribution >= 0.6 is 15.9 Å². The third-order valence-electron chi connectivity index (χ3n) is 4.31. The van der Waals surface area contributed by atoms with Gasteiger partial charge in [-0.15, -0.1) is 0 Å². The van der Waals surface area contributed by atoms with Gasteiger partial charge in [0.15, 0.2) is 5.82 Å². The van der Waals surface area contributed by atoms with Gasteiger partial charge in [-0.1, -0.05) is 0 Å². The van der Waals surface area contributed by atoms with Gasteiger partial charge in [-0.2, -0.15) is 0 Å². The van der Waals surface area contributed by atoms with E-state index in [0.717, 1.165) is 80.9 Å². The third kappa shape index (κ3) is 5.37. The Kier molecular flexibility index (Phi) is 7.03. The number of hydrogen-bond donors (Lipinski definition) is 1. The summed E-state index contributed by atoms with van der Waals surface area (Å²) in [5.41, 5.74) is 1.08. The minimum atomic E-state index is 0.698. The average molecular weight is 412 g/mol. The SMILES string of the molecule is CCOCCN1CC(=NCCN2CCOCC2)Nc2ncc(Br)cc21. The largest absolute Gasteiger partial charge is 0.380 e. The number of ether oxygens (including phenoxy) is 2. The maximum atomic E-state index is 5.52. The molecule has 0 saturated carbocycles. The molecule has 0 spiro atoms. The Morgan fingerprint density at radius 2 is 2.20 bits per heavy atom. The number of aromatic nitrogens is 1. The van der Waals surface area contributed by atoms with E-state index in [4.69, 9.17) is 14.5 Å². The lowest BCUT2D eigenvalue weighted by Crippen LogP contribution is -2.41. The van der Waals surface area contributed by atoms with Gasteiger partial charge in [0.05, 0.1) is 38.6 Å². The zero-order valence-electron chi connectivity index (χ0n) is 14.7. The molecule has 0 radical (unpaired) electrons. The first-order chi connectivity index (χ1) is 12.3. The highest BCUT2D eigenvalue weighted by molar-refractivity contribution is 9.10. The fourth-order valence-electron chi connectivity index (χ4n) is 2.97. The van der Waals surface area contributed by atoms with E-state index in [9.17, 15) is 0 Å². The van der Waals surface area contributed by atoms with Crippen molar-refractivity contribution < 1.29 is 9.47 Å². The second kappa shape index (κ2) is 9.47. The summed E-state index contributed by atoms with van der Waals surface area (Å²) in [7, 11) is 0. The van der Waals surface area contributed by atoms with Crippen LogP contribution in [-0.2, 0) is 9.47 Å². The fourth-order valence-corrected chi connectivity index (χ4v) is 3.29. The molecular formula is C17H26BrN5O2. The van der Waals surface area contributed by atoms with Crippen molar-refractivity contribution in [3.8, 4) is 0 Å². The van der Waals surface area contributed by atoms with E-state index in [0.29, 0.717) is 6.61 Å². The number of halogens is 1. The van der Waals surface area contributed by atoms with E-state index in [1.54, 1.807) is 0 Å². The molecule has 0 amide bonds. The summed E-state index contributed by atoms with van der Waals surface area (Å²) in [6, 6.07) is 2.09. The van der Waals surface area contributed by atoms with E-state index >= 15 is 0 Å². The first-order valence-corrected chi connectivity index (χ1v) is 9.64. The van der Waals surface area contributed by atoms with Gasteiger partial charge < -0.3 is 19.7 Å². The highest BCUT2D eigenvalue weighted by Crippen LogP contribution is 2.30. The molecule has 0 bridgehead atoms. The number of aliphatic imine (C=N–C) groups is 1. The van der Waals surface area contributed by atoms with Gasteiger partial charge in [0.1, 0.15) is 5.84 Å². The van der Waals surface area contributed by atoms with Crippen molar-refractivity contribution in [2.75, 3.05) is 75.9 Å². The number of amidine groups is 1. The lowest BCUT2D eigenvalue weighted by atomic mass is 10.2. The maximum absolute atomic E-state index is 5.52. The maximum Gasteiger partial charge on any atom is 0.155 e. The van der Waals surface area contributed by atoms with Crippen molar-refractivity contribution in [3.05, 3.63) is 16.7 Å². The predicted molar refractivity (Wildman–Crippen MR) is 104 cm³/mol. The van der Waals surface area contributed by atoms with E-state index in [1.807, 2.05) is 13.1 Å². The van der Waals surface area contributed by atoms with Gasteiger partial charge in [-0.3, -0.25) is 9.89 Å². The van der Waals surface area contributed by atoms with Crippen LogP contribution in [0.15, 0.2) is 21.7 Å². The van der Waals surface area contributed by atoms with Crippen LogP contribution in [0.1, 0.15) is 6.92 Å². The zero-order valence-corrected chi connectivity index (χ0v) is 16.3. The normalized spacial score (nSPS) is 19.8. The number of hydrogen-bond acceptors (Lipinski definition) is 6. The minimum absolute atomic E-state index is 0.698. The van der Waals surface area contributed by atoms with Gasteiger partial charge >= 0.3 is 0 Å². The standard InChI is InChI=1S/C17H26BrN5O2/c1-2-24-10-7-23-13-16(19-3-4-22-5-8-25-9-6-22)21-17-15(23)11-14(18)12-20-17/h11-12H,2-10,13H2,1H3,(H,19,20,21). The average Bonchev–Trinajstić information content (AvgIpc) is 2.63. The summed E-state index contributed by atoms with van der Waals surface area (Å²) >= 11 is 3.51. The molecule has 138 valence electrons. The number of fused-ring (bicyclic) bond motifs is 1. The van der Waals surface area contributed by atoms with Crippen molar-refractivity contribution in [1.82, 2.24) is 9.88 Å². The summed E-state index contributed by atoms with van der Waals surface area (Å²) in [4.78, 5) is 13.9. The molecule has 7 nitrogen and oxygen atoms in total. The van der Waals surface area contributed by atoms with Crippen LogP contribution in [0.5, 0.6) is 0 Å².